The van der Waals surface area contributed by atoms with Crippen molar-refractivity contribution in [2.45, 2.75) is 28.0 Å². The van der Waals surface area contributed by atoms with Gasteiger partial charge < -0.3 is 0 Å². The average molecular weight is 336 g/mol. The van der Waals surface area contributed by atoms with Crippen molar-refractivity contribution in [3.63, 3.8) is 0 Å². The molecule has 1 aliphatic heterocycles. The highest BCUT2D eigenvalue weighted by molar-refractivity contribution is 8.02. The highest BCUT2D eigenvalue weighted by Gasteiger charge is 2.31. The first kappa shape index (κ1) is 14.9. The van der Waals surface area contributed by atoms with Crippen molar-refractivity contribution >= 4 is 26.4 Å². The van der Waals surface area contributed by atoms with E-state index in [2.05, 4.69) is 3.77 Å². The first-order valence-corrected chi connectivity index (χ1v) is 9.14. The highest BCUT2D eigenvalue weighted by Crippen LogP contribution is 2.36. The Morgan fingerprint density at radius 2 is 1.86 bits per heavy atom. The number of nitro groups is 1. The molecule has 0 fully saturated rings. The van der Waals surface area contributed by atoms with Crippen LogP contribution in [0.25, 0.3) is 0 Å². The van der Waals surface area contributed by atoms with E-state index < -0.39 is 25.6 Å². The lowest BCUT2D eigenvalue weighted by molar-refractivity contribution is -0.385. The molecular weight excluding hydrogens is 324 g/mol. The Labute approximate surface area is 130 Å². The van der Waals surface area contributed by atoms with E-state index in [4.69, 9.17) is 0 Å². The van der Waals surface area contributed by atoms with Gasteiger partial charge in [0, 0.05) is 21.9 Å². The molecule has 0 bridgehead atoms. The molecule has 2 aromatic rings. The third kappa shape index (κ3) is 2.44. The average Bonchev–Trinajstić information content (AvgIpc) is 2.78. The SMILES string of the molecule is CCc1ccc(S2=NS(=O)(=O)c3cc([N+](=O)[O-])ccc32)cc1. The van der Waals surface area contributed by atoms with Crippen molar-refractivity contribution in [1.82, 2.24) is 0 Å². The second-order valence-electron chi connectivity index (χ2n) is 4.72. The molecule has 6 nitrogen and oxygen atoms in total. The van der Waals surface area contributed by atoms with E-state index in [1.165, 1.54) is 12.1 Å². The van der Waals surface area contributed by atoms with E-state index in [0.29, 0.717) is 4.90 Å². The summed E-state index contributed by atoms with van der Waals surface area (Å²) < 4.78 is 28.2. The molecule has 1 heterocycles. The molecule has 1 aliphatic rings. The molecule has 1 unspecified atom stereocenters. The van der Waals surface area contributed by atoms with E-state index in [1.54, 1.807) is 0 Å². The zero-order valence-corrected chi connectivity index (χ0v) is 13.2. The number of nitro benzene ring substituents is 1. The quantitative estimate of drug-likeness (QED) is 0.636. The Morgan fingerprint density at radius 3 is 2.45 bits per heavy atom. The summed E-state index contributed by atoms with van der Waals surface area (Å²) in [7, 11) is -4.79. The molecule has 0 aliphatic carbocycles. The largest absolute Gasteiger partial charge is 0.289 e. The summed E-state index contributed by atoms with van der Waals surface area (Å²) in [5.41, 5.74) is 0.905. The monoisotopic (exact) mass is 336 g/mol. The third-order valence-electron chi connectivity index (χ3n) is 3.35. The number of fused-ring (bicyclic) bond motifs is 1. The van der Waals surface area contributed by atoms with Crippen molar-refractivity contribution in [1.29, 1.82) is 0 Å². The Kier molecular flexibility index (Phi) is 3.57. The fraction of sp³-hybridized carbons (Fsp3) is 0.143. The number of sulfonamides is 1. The van der Waals surface area contributed by atoms with Gasteiger partial charge in [-0.2, -0.15) is 8.42 Å². The van der Waals surface area contributed by atoms with Gasteiger partial charge in [-0.1, -0.05) is 19.1 Å². The molecular formula is C14H12N2O4S2. The molecule has 22 heavy (non-hydrogen) atoms. The predicted octanol–water partition coefficient (Wildman–Crippen LogP) is 3.08. The minimum Gasteiger partial charge on any atom is -0.258 e. The molecule has 0 saturated heterocycles. The van der Waals surface area contributed by atoms with Crippen molar-refractivity contribution < 1.29 is 13.3 Å². The van der Waals surface area contributed by atoms with Gasteiger partial charge in [0.1, 0.15) is 4.90 Å². The van der Waals surface area contributed by atoms with Gasteiger partial charge in [-0.05, 0) is 40.9 Å². The smallest absolute Gasteiger partial charge is 0.258 e. The van der Waals surface area contributed by atoms with Gasteiger partial charge in [0.25, 0.3) is 15.7 Å². The van der Waals surface area contributed by atoms with Crippen molar-refractivity contribution in [3.8, 4) is 0 Å². The number of hydrogen-bond donors (Lipinski definition) is 0. The maximum Gasteiger partial charge on any atom is 0.289 e. The van der Waals surface area contributed by atoms with Crippen LogP contribution in [0.15, 0.2) is 60.9 Å². The van der Waals surface area contributed by atoms with Crippen LogP contribution in [-0.2, 0) is 27.1 Å². The van der Waals surface area contributed by atoms with Crippen LogP contribution in [0, 0.1) is 10.1 Å². The van der Waals surface area contributed by atoms with Gasteiger partial charge in [-0.15, -0.1) is 3.77 Å². The summed E-state index contributed by atoms with van der Waals surface area (Å²) in [6.07, 6.45) is 0.895. The van der Waals surface area contributed by atoms with Crippen LogP contribution in [0.4, 0.5) is 5.69 Å². The van der Waals surface area contributed by atoms with Crippen LogP contribution >= 0.6 is 0 Å². The summed E-state index contributed by atoms with van der Waals surface area (Å²) in [4.78, 5) is 11.4. The molecule has 0 amide bonds. The van der Waals surface area contributed by atoms with Gasteiger partial charge in [0.05, 0.1) is 4.92 Å². The van der Waals surface area contributed by atoms with E-state index in [1.807, 2.05) is 31.2 Å². The minimum absolute atomic E-state index is 0.0652. The standard InChI is InChI=1S/C14H12N2O4S2/c1-2-10-3-6-12(7-4-10)21-13-8-5-11(16(17)18)9-14(13)22(19,20)15-21/h3-9H,2H2,1H3. The van der Waals surface area contributed by atoms with Crippen LogP contribution in [0.5, 0.6) is 0 Å². The summed E-state index contributed by atoms with van der Waals surface area (Å²) in [6, 6.07) is 11.5. The zero-order chi connectivity index (χ0) is 15.9. The Morgan fingerprint density at radius 1 is 1.18 bits per heavy atom. The number of aryl methyl sites for hydroxylation is 1. The first-order valence-electron chi connectivity index (χ1n) is 6.52. The lowest BCUT2D eigenvalue weighted by atomic mass is 10.2. The number of benzene rings is 2. The number of rotatable bonds is 3. The molecule has 0 aromatic heterocycles. The Hall–Kier alpha value is -2.06. The molecule has 0 spiro atoms. The van der Waals surface area contributed by atoms with Gasteiger partial charge in [-0.25, -0.2) is 0 Å². The van der Waals surface area contributed by atoms with E-state index in [9.17, 15) is 18.5 Å². The Bertz CT molecular complexity index is 903. The van der Waals surface area contributed by atoms with Crippen LogP contribution in [0.1, 0.15) is 12.5 Å². The van der Waals surface area contributed by atoms with Gasteiger partial charge in [0.2, 0.25) is 0 Å². The Balaban J connectivity index is 2.15. The minimum atomic E-state index is -3.84. The van der Waals surface area contributed by atoms with Crippen molar-refractivity contribution in [3.05, 3.63) is 58.1 Å². The first-order chi connectivity index (χ1) is 10.4. The molecule has 114 valence electrons. The van der Waals surface area contributed by atoms with Gasteiger partial charge in [-0.3, -0.25) is 10.1 Å². The number of nitrogens with zero attached hydrogens (tertiary/aromatic N) is 2. The number of non-ortho nitro benzene ring substituents is 1. The van der Waals surface area contributed by atoms with Crippen molar-refractivity contribution in [2.24, 2.45) is 3.77 Å². The lowest BCUT2D eigenvalue weighted by Gasteiger charge is -2.04. The van der Waals surface area contributed by atoms with Gasteiger partial charge in [0.15, 0.2) is 0 Å². The van der Waals surface area contributed by atoms with Crippen molar-refractivity contribution in [2.75, 3.05) is 0 Å². The molecule has 8 heteroatoms. The fourth-order valence-corrected chi connectivity index (χ4v) is 6.18. The normalized spacial score (nSPS) is 18.5. The van der Waals surface area contributed by atoms with Crippen LogP contribution in [0.2, 0.25) is 0 Å². The molecule has 2 aromatic carbocycles. The molecule has 1 atom stereocenters. The summed E-state index contributed by atoms with van der Waals surface area (Å²) >= 11 is 0. The number of hydrogen-bond acceptors (Lipinski definition) is 4. The summed E-state index contributed by atoms with van der Waals surface area (Å²) in [5, 5.41) is 10.8. The second-order valence-corrected chi connectivity index (χ2v) is 8.19. The fourth-order valence-electron chi connectivity index (χ4n) is 2.17. The third-order valence-corrected chi connectivity index (χ3v) is 7.25. The van der Waals surface area contributed by atoms with E-state index in [-0.39, 0.29) is 10.6 Å². The molecule has 0 saturated carbocycles. The van der Waals surface area contributed by atoms with Crippen LogP contribution < -0.4 is 0 Å². The van der Waals surface area contributed by atoms with E-state index >= 15 is 0 Å². The topological polar surface area (TPSA) is 89.6 Å². The molecule has 3 rings (SSSR count). The lowest BCUT2D eigenvalue weighted by Crippen LogP contribution is -1.96. The maximum absolute atomic E-state index is 12.2. The highest BCUT2D eigenvalue weighted by atomic mass is 32.3. The summed E-state index contributed by atoms with van der Waals surface area (Å²) in [6.45, 7) is 2.04. The van der Waals surface area contributed by atoms with Gasteiger partial charge >= 0.3 is 0 Å². The van der Waals surface area contributed by atoms with E-state index in [0.717, 1.165) is 22.9 Å². The zero-order valence-electron chi connectivity index (χ0n) is 11.6. The maximum atomic E-state index is 12.2. The van der Waals surface area contributed by atoms with Crippen LogP contribution in [-0.4, -0.2) is 13.3 Å². The molecule has 0 N–H and O–H groups in total. The predicted molar refractivity (Wildman–Crippen MR) is 82.4 cm³/mol. The second kappa shape index (κ2) is 5.29. The molecule has 0 radical (unpaired) electrons. The summed E-state index contributed by atoms with van der Waals surface area (Å²) in [5.74, 6) is 0. The van der Waals surface area contributed by atoms with Crippen LogP contribution in [0.3, 0.4) is 0 Å².